The Morgan fingerprint density at radius 3 is 2.54 bits per heavy atom. The molecule has 0 aromatic heterocycles. The summed E-state index contributed by atoms with van der Waals surface area (Å²) in [6, 6.07) is 9.35. The van der Waals surface area contributed by atoms with Crippen LogP contribution in [0.3, 0.4) is 0 Å². The van der Waals surface area contributed by atoms with Gasteiger partial charge in [0.15, 0.2) is 0 Å². The fourth-order valence-electron chi connectivity index (χ4n) is 1.93. The summed E-state index contributed by atoms with van der Waals surface area (Å²) in [7, 11) is 0. The molecule has 0 amide bonds. The quantitative estimate of drug-likeness (QED) is 0.795. The van der Waals surface area contributed by atoms with Crippen molar-refractivity contribution in [3.8, 4) is 0 Å². The predicted molar refractivity (Wildman–Crippen MR) is 59.0 cm³/mol. The Balaban J connectivity index is 2.13. The molecular formula is C11H14BrN. The molecule has 1 nitrogen and oxygen atoms in total. The Kier molecular flexibility index (Phi) is 2.70. The Morgan fingerprint density at radius 2 is 2.00 bits per heavy atom. The number of hydrogen-bond acceptors (Lipinski definition) is 1. The van der Waals surface area contributed by atoms with Crippen LogP contribution in [-0.4, -0.2) is 12.6 Å². The van der Waals surface area contributed by atoms with Gasteiger partial charge in [-0.2, -0.15) is 0 Å². The van der Waals surface area contributed by atoms with Crippen LogP contribution < -0.4 is 5.32 Å². The molecule has 2 atom stereocenters. The van der Waals surface area contributed by atoms with Gasteiger partial charge in [0.1, 0.15) is 0 Å². The molecule has 1 N–H and O–H groups in total. The van der Waals surface area contributed by atoms with Crippen molar-refractivity contribution in [1.82, 2.24) is 5.32 Å². The van der Waals surface area contributed by atoms with Gasteiger partial charge in [-0.3, -0.25) is 0 Å². The molecule has 1 heterocycles. The van der Waals surface area contributed by atoms with Crippen molar-refractivity contribution in [2.45, 2.75) is 25.3 Å². The fraction of sp³-hybridized carbons (Fsp3) is 0.455. The maximum atomic E-state index is 3.47. The van der Waals surface area contributed by atoms with Crippen LogP contribution in [0.2, 0.25) is 0 Å². The minimum atomic E-state index is 0.675. The molecule has 1 fully saturated rings. The van der Waals surface area contributed by atoms with Gasteiger partial charge in [-0.1, -0.05) is 28.1 Å². The fourth-order valence-corrected chi connectivity index (χ4v) is 2.19. The van der Waals surface area contributed by atoms with E-state index in [4.69, 9.17) is 0 Å². The molecule has 0 spiro atoms. The van der Waals surface area contributed by atoms with Crippen LogP contribution >= 0.6 is 15.9 Å². The summed E-state index contributed by atoms with van der Waals surface area (Å²) in [5, 5.41) is 3.47. The summed E-state index contributed by atoms with van der Waals surface area (Å²) in [4.78, 5) is 0. The van der Waals surface area contributed by atoms with Gasteiger partial charge in [-0.25, -0.2) is 0 Å². The molecule has 13 heavy (non-hydrogen) atoms. The van der Waals surface area contributed by atoms with Gasteiger partial charge in [-0.05, 0) is 37.0 Å². The molecule has 0 saturated carbocycles. The first-order valence-electron chi connectivity index (χ1n) is 4.74. The molecule has 1 aromatic rings. The van der Waals surface area contributed by atoms with Crippen LogP contribution in [0.5, 0.6) is 0 Å². The average molecular weight is 240 g/mol. The average Bonchev–Trinajstić information content (AvgIpc) is 2.53. The van der Waals surface area contributed by atoms with Crippen LogP contribution in [-0.2, 0) is 0 Å². The van der Waals surface area contributed by atoms with E-state index in [0.29, 0.717) is 12.0 Å². The van der Waals surface area contributed by atoms with Crippen LogP contribution in [0.4, 0.5) is 0 Å². The van der Waals surface area contributed by atoms with Crippen molar-refractivity contribution in [2.75, 3.05) is 6.54 Å². The lowest BCUT2D eigenvalue weighted by Gasteiger charge is -2.08. The summed E-state index contributed by atoms with van der Waals surface area (Å²) in [6.45, 7) is 3.38. The molecule has 1 aromatic carbocycles. The van der Waals surface area contributed by atoms with E-state index in [-0.39, 0.29) is 0 Å². The Morgan fingerprint density at radius 1 is 1.31 bits per heavy atom. The van der Waals surface area contributed by atoms with Crippen LogP contribution in [0, 0.1) is 0 Å². The number of nitrogens with one attached hydrogen (secondary N) is 1. The highest BCUT2D eigenvalue weighted by Gasteiger charge is 2.21. The summed E-state index contributed by atoms with van der Waals surface area (Å²) < 4.78 is 1.16. The molecule has 0 aliphatic carbocycles. The third-order valence-electron chi connectivity index (χ3n) is 2.69. The second-order valence-corrected chi connectivity index (χ2v) is 4.71. The lowest BCUT2D eigenvalue weighted by atomic mass is 9.97. The third-order valence-corrected chi connectivity index (χ3v) is 3.22. The zero-order chi connectivity index (χ0) is 9.26. The minimum Gasteiger partial charge on any atom is -0.314 e. The number of rotatable bonds is 1. The Bertz CT molecular complexity index is 281. The summed E-state index contributed by atoms with van der Waals surface area (Å²) in [5.74, 6) is 0.711. The first-order chi connectivity index (χ1) is 6.25. The SMILES string of the molecule is C[C@@H]1C[C@@H](c2ccc(Br)cc2)CN1. The predicted octanol–water partition coefficient (Wildman–Crippen LogP) is 2.91. The molecular weight excluding hydrogens is 226 g/mol. The standard InChI is InChI=1S/C11H14BrN/c1-8-6-10(7-13-8)9-2-4-11(12)5-3-9/h2-5,8,10,13H,6-7H2,1H3/t8-,10-/m1/s1. The maximum Gasteiger partial charge on any atom is 0.0175 e. The molecule has 1 aliphatic rings. The van der Waals surface area contributed by atoms with E-state index in [0.717, 1.165) is 11.0 Å². The highest BCUT2D eigenvalue weighted by molar-refractivity contribution is 9.10. The lowest BCUT2D eigenvalue weighted by molar-refractivity contribution is 0.658. The lowest BCUT2D eigenvalue weighted by Crippen LogP contribution is -2.16. The zero-order valence-electron chi connectivity index (χ0n) is 7.76. The van der Waals surface area contributed by atoms with E-state index in [1.54, 1.807) is 0 Å². The van der Waals surface area contributed by atoms with E-state index in [2.05, 4.69) is 52.4 Å². The molecule has 70 valence electrons. The largest absolute Gasteiger partial charge is 0.314 e. The number of benzene rings is 1. The molecule has 1 aliphatic heterocycles. The molecule has 0 radical (unpaired) electrons. The highest BCUT2D eigenvalue weighted by atomic mass is 79.9. The van der Waals surface area contributed by atoms with Crippen molar-refractivity contribution < 1.29 is 0 Å². The highest BCUT2D eigenvalue weighted by Crippen LogP contribution is 2.26. The summed E-state index contributed by atoms with van der Waals surface area (Å²) >= 11 is 3.45. The van der Waals surface area contributed by atoms with E-state index < -0.39 is 0 Å². The Hall–Kier alpha value is -0.340. The smallest absolute Gasteiger partial charge is 0.0175 e. The summed E-state index contributed by atoms with van der Waals surface area (Å²) in [6.07, 6.45) is 1.27. The first kappa shape index (κ1) is 9.22. The summed E-state index contributed by atoms with van der Waals surface area (Å²) in [5.41, 5.74) is 1.46. The van der Waals surface area contributed by atoms with Crippen molar-refractivity contribution in [1.29, 1.82) is 0 Å². The maximum absolute atomic E-state index is 3.47. The van der Waals surface area contributed by atoms with Crippen molar-refractivity contribution in [2.24, 2.45) is 0 Å². The van der Waals surface area contributed by atoms with Crippen LogP contribution in [0.15, 0.2) is 28.7 Å². The van der Waals surface area contributed by atoms with Gasteiger partial charge >= 0.3 is 0 Å². The molecule has 2 heteroatoms. The third kappa shape index (κ3) is 2.12. The van der Waals surface area contributed by atoms with Crippen molar-refractivity contribution in [3.05, 3.63) is 34.3 Å². The molecule has 0 unspecified atom stereocenters. The van der Waals surface area contributed by atoms with Gasteiger partial charge < -0.3 is 5.32 Å². The van der Waals surface area contributed by atoms with E-state index >= 15 is 0 Å². The minimum absolute atomic E-state index is 0.675. The Labute approximate surface area is 87.7 Å². The molecule has 2 rings (SSSR count). The van der Waals surface area contributed by atoms with Crippen molar-refractivity contribution in [3.63, 3.8) is 0 Å². The van der Waals surface area contributed by atoms with Gasteiger partial charge in [-0.15, -0.1) is 0 Å². The normalized spacial score (nSPS) is 27.8. The van der Waals surface area contributed by atoms with Gasteiger partial charge in [0, 0.05) is 17.1 Å². The molecule has 0 bridgehead atoms. The zero-order valence-corrected chi connectivity index (χ0v) is 9.34. The van der Waals surface area contributed by atoms with Gasteiger partial charge in [0.2, 0.25) is 0 Å². The monoisotopic (exact) mass is 239 g/mol. The van der Waals surface area contributed by atoms with Crippen molar-refractivity contribution >= 4 is 15.9 Å². The molecule has 1 saturated heterocycles. The van der Waals surface area contributed by atoms with E-state index in [1.807, 2.05) is 0 Å². The first-order valence-corrected chi connectivity index (χ1v) is 5.54. The number of hydrogen-bond donors (Lipinski definition) is 1. The second-order valence-electron chi connectivity index (χ2n) is 3.79. The van der Waals surface area contributed by atoms with Gasteiger partial charge in [0.05, 0.1) is 0 Å². The number of halogens is 1. The van der Waals surface area contributed by atoms with Crippen LogP contribution in [0.25, 0.3) is 0 Å². The second kappa shape index (κ2) is 3.81. The van der Waals surface area contributed by atoms with E-state index in [1.165, 1.54) is 12.0 Å². The van der Waals surface area contributed by atoms with Crippen LogP contribution in [0.1, 0.15) is 24.8 Å². The van der Waals surface area contributed by atoms with Gasteiger partial charge in [0.25, 0.3) is 0 Å². The topological polar surface area (TPSA) is 12.0 Å². The van der Waals surface area contributed by atoms with E-state index in [9.17, 15) is 0 Å².